The van der Waals surface area contributed by atoms with Gasteiger partial charge in [0.15, 0.2) is 6.23 Å². The predicted octanol–water partition coefficient (Wildman–Crippen LogP) is 1.91. The van der Waals surface area contributed by atoms with E-state index in [-0.39, 0.29) is 30.0 Å². The van der Waals surface area contributed by atoms with Crippen LogP contribution < -0.4 is 10.6 Å². The van der Waals surface area contributed by atoms with Gasteiger partial charge in [-0.1, -0.05) is 36.4 Å². The second-order valence-corrected chi connectivity index (χ2v) is 7.52. The molecule has 2 atom stereocenters. The first kappa shape index (κ1) is 26.0. The minimum absolute atomic E-state index is 0.000372. The molecule has 1 aromatic carbocycles. The predicted molar refractivity (Wildman–Crippen MR) is 129 cm³/mol. The van der Waals surface area contributed by atoms with Crippen LogP contribution in [0.4, 0.5) is 0 Å². The van der Waals surface area contributed by atoms with E-state index in [1.54, 1.807) is 55.5 Å². The zero-order chi connectivity index (χ0) is 25.9. The molecule has 0 saturated heterocycles. The van der Waals surface area contributed by atoms with Gasteiger partial charge in [-0.2, -0.15) is 0 Å². The van der Waals surface area contributed by atoms with E-state index >= 15 is 0 Å². The first-order valence-corrected chi connectivity index (χ1v) is 11.1. The van der Waals surface area contributed by atoms with Crippen LogP contribution in [-0.2, 0) is 20.7 Å². The number of carboxylic acids is 1. The first-order valence-electron chi connectivity index (χ1n) is 11.1. The fourth-order valence-electron chi connectivity index (χ4n) is 3.30. The third-order valence-electron chi connectivity index (χ3n) is 5.07. The number of aliphatic carboxylic acids is 1. The van der Waals surface area contributed by atoms with Crippen molar-refractivity contribution in [3.05, 3.63) is 95.6 Å². The zero-order valence-corrected chi connectivity index (χ0v) is 19.4. The molecule has 0 saturated carbocycles. The molecule has 2 aromatic heterocycles. The van der Waals surface area contributed by atoms with Crippen LogP contribution in [0.2, 0.25) is 0 Å². The van der Waals surface area contributed by atoms with E-state index in [0.717, 1.165) is 0 Å². The van der Waals surface area contributed by atoms with Gasteiger partial charge < -0.3 is 20.5 Å². The Morgan fingerprint density at radius 3 is 1.97 bits per heavy atom. The number of nitrogens with one attached hydrogen (secondary N) is 2. The minimum atomic E-state index is -1.20. The highest BCUT2D eigenvalue weighted by Gasteiger charge is 2.24. The Kier molecular flexibility index (Phi) is 9.16. The number of carbonyl (C=O) groups excluding carboxylic acids is 3. The molecule has 0 aliphatic rings. The molecule has 3 N–H and O–H groups in total. The highest BCUT2D eigenvalue weighted by Crippen LogP contribution is 2.19. The largest absolute Gasteiger partial charge is 0.480 e. The number of hydrogen-bond acceptors (Lipinski definition) is 7. The summed E-state index contributed by atoms with van der Waals surface area (Å²) in [6.07, 6.45) is 1.84. The fraction of sp³-hybridized carbons (Fsp3) is 0.192. The van der Waals surface area contributed by atoms with E-state index in [0.29, 0.717) is 11.1 Å². The molecule has 3 aromatic rings. The van der Waals surface area contributed by atoms with Gasteiger partial charge in [0.05, 0.1) is 5.57 Å². The summed E-state index contributed by atoms with van der Waals surface area (Å²) >= 11 is 0. The molecule has 0 bridgehead atoms. The molecule has 0 aliphatic heterocycles. The lowest BCUT2D eigenvalue weighted by Gasteiger charge is -2.20. The van der Waals surface area contributed by atoms with Gasteiger partial charge in [0.1, 0.15) is 23.4 Å². The average molecular weight is 489 g/mol. The second-order valence-electron chi connectivity index (χ2n) is 7.52. The van der Waals surface area contributed by atoms with E-state index in [4.69, 9.17) is 4.74 Å². The van der Waals surface area contributed by atoms with Crippen LogP contribution in [0.1, 0.15) is 39.0 Å². The van der Waals surface area contributed by atoms with Crippen molar-refractivity contribution in [3.8, 4) is 0 Å². The summed E-state index contributed by atoms with van der Waals surface area (Å²) in [7, 11) is 0. The minimum Gasteiger partial charge on any atom is -0.480 e. The summed E-state index contributed by atoms with van der Waals surface area (Å²) < 4.78 is 5.56. The number of nitrogens with zero attached hydrogens (tertiary/aromatic N) is 2. The third kappa shape index (κ3) is 6.92. The molecule has 36 heavy (non-hydrogen) atoms. The Balaban J connectivity index is 1.73. The van der Waals surface area contributed by atoms with Gasteiger partial charge >= 0.3 is 5.97 Å². The fourth-order valence-corrected chi connectivity index (χ4v) is 3.30. The standard InChI is InChI=1S/C26H24N4O6/c1-2-36-25(30-24(33)21-8-4-6-14-28-21)19(16-31)18-11-9-17(10-12-18)15-22(26(34)35)29-23(32)20-7-3-5-13-27-20/h3-14,22,25H,2,15H2,1H3,(H,29,32)(H,30,33)(H,34,35)/t22-,25-/m1/s1. The summed E-state index contributed by atoms with van der Waals surface area (Å²) in [5.41, 5.74) is 1.36. The van der Waals surface area contributed by atoms with Gasteiger partial charge in [0.2, 0.25) is 0 Å². The molecule has 0 aliphatic carbocycles. The van der Waals surface area contributed by atoms with Gasteiger partial charge in [-0.25, -0.2) is 9.59 Å². The molecular weight excluding hydrogens is 464 g/mol. The highest BCUT2D eigenvalue weighted by atomic mass is 16.5. The van der Waals surface area contributed by atoms with Crippen molar-refractivity contribution in [3.63, 3.8) is 0 Å². The maximum atomic E-state index is 12.5. The van der Waals surface area contributed by atoms with E-state index in [1.807, 2.05) is 5.94 Å². The first-order chi connectivity index (χ1) is 17.4. The number of amides is 2. The number of pyridine rings is 2. The van der Waals surface area contributed by atoms with Crippen molar-refractivity contribution in [2.45, 2.75) is 25.6 Å². The number of hydrogen-bond donors (Lipinski definition) is 3. The van der Waals surface area contributed by atoms with Gasteiger partial charge in [0.25, 0.3) is 11.8 Å². The lowest BCUT2D eigenvalue weighted by atomic mass is 10.00. The molecule has 10 nitrogen and oxygen atoms in total. The van der Waals surface area contributed by atoms with Crippen molar-refractivity contribution in [1.29, 1.82) is 0 Å². The maximum absolute atomic E-state index is 12.5. The Labute approximate surface area is 207 Å². The highest BCUT2D eigenvalue weighted by molar-refractivity contribution is 5.97. The monoisotopic (exact) mass is 488 g/mol. The number of carbonyl (C=O) groups is 3. The topological polar surface area (TPSA) is 148 Å². The van der Waals surface area contributed by atoms with E-state index in [2.05, 4.69) is 20.6 Å². The number of carboxylic acid groups (broad SMARTS) is 1. The Hall–Kier alpha value is -4.66. The summed E-state index contributed by atoms with van der Waals surface area (Å²) in [5, 5.41) is 14.7. The third-order valence-corrected chi connectivity index (χ3v) is 5.07. The van der Waals surface area contributed by atoms with Gasteiger partial charge in [0, 0.05) is 25.4 Å². The van der Waals surface area contributed by atoms with E-state index in [9.17, 15) is 24.3 Å². The SMILES string of the molecule is CCO[C@@H](NC(=O)c1ccccn1)C(=C=O)c1ccc(C[C@@H](NC(=O)c2ccccn2)C(=O)O)cc1. The van der Waals surface area contributed by atoms with Crippen LogP contribution in [0.3, 0.4) is 0 Å². The van der Waals surface area contributed by atoms with Crippen molar-refractivity contribution in [1.82, 2.24) is 20.6 Å². The maximum Gasteiger partial charge on any atom is 0.326 e. The van der Waals surface area contributed by atoms with Gasteiger partial charge in [-0.3, -0.25) is 19.6 Å². The molecule has 2 heterocycles. The lowest BCUT2D eigenvalue weighted by molar-refractivity contribution is -0.139. The van der Waals surface area contributed by atoms with Crippen molar-refractivity contribution in [2.75, 3.05) is 6.61 Å². The van der Waals surface area contributed by atoms with Crippen molar-refractivity contribution in [2.24, 2.45) is 0 Å². The number of ether oxygens (including phenoxy) is 1. The zero-order valence-electron chi connectivity index (χ0n) is 19.4. The van der Waals surface area contributed by atoms with Crippen LogP contribution in [0, 0.1) is 0 Å². The van der Waals surface area contributed by atoms with Crippen molar-refractivity contribution < 1.29 is 29.0 Å². The van der Waals surface area contributed by atoms with Crippen LogP contribution in [0.5, 0.6) is 0 Å². The molecule has 0 spiro atoms. The molecular formula is C26H24N4O6. The second kappa shape index (κ2) is 12.7. The summed E-state index contributed by atoms with van der Waals surface area (Å²) in [6.45, 7) is 1.93. The Morgan fingerprint density at radius 2 is 1.50 bits per heavy atom. The molecule has 0 unspecified atom stereocenters. The molecule has 184 valence electrons. The van der Waals surface area contributed by atoms with Crippen LogP contribution >= 0.6 is 0 Å². The van der Waals surface area contributed by atoms with E-state index in [1.165, 1.54) is 24.5 Å². The quantitative estimate of drug-likeness (QED) is 0.274. The molecule has 2 amide bonds. The molecule has 0 radical (unpaired) electrons. The number of benzene rings is 1. The van der Waals surface area contributed by atoms with Crippen LogP contribution in [-0.4, -0.2) is 57.7 Å². The summed E-state index contributed by atoms with van der Waals surface area (Å²) in [6, 6.07) is 14.9. The molecule has 0 fully saturated rings. The number of rotatable bonds is 11. The van der Waals surface area contributed by atoms with Crippen molar-refractivity contribution >= 4 is 29.3 Å². The molecule has 10 heteroatoms. The Bertz CT molecular complexity index is 1240. The van der Waals surface area contributed by atoms with Gasteiger partial charge in [-0.05, 0) is 42.3 Å². The van der Waals surface area contributed by atoms with Gasteiger partial charge in [-0.15, -0.1) is 0 Å². The summed E-state index contributed by atoms with van der Waals surface area (Å²) in [5.74, 6) is -0.497. The van der Waals surface area contributed by atoms with E-state index < -0.39 is 30.1 Å². The Morgan fingerprint density at radius 1 is 0.917 bits per heavy atom. The normalized spacial score (nSPS) is 12.0. The van der Waals surface area contributed by atoms with Crippen LogP contribution in [0.15, 0.2) is 73.1 Å². The smallest absolute Gasteiger partial charge is 0.326 e. The lowest BCUT2D eigenvalue weighted by Crippen LogP contribution is -2.42. The average Bonchev–Trinajstić information content (AvgIpc) is 2.90. The number of aromatic nitrogens is 2. The summed E-state index contributed by atoms with van der Waals surface area (Å²) in [4.78, 5) is 56.3. The molecule has 3 rings (SSSR count). The van der Waals surface area contributed by atoms with Crippen LogP contribution in [0.25, 0.3) is 5.57 Å².